The minimum atomic E-state index is -0.640. The summed E-state index contributed by atoms with van der Waals surface area (Å²) in [6.07, 6.45) is -0.297. The lowest BCUT2D eigenvalue weighted by Gasteiger charge is -2.07. The van der Waals surface area contributed by atoms with Gasteiger partial charge in [-0.3, -0.25) is 5.32 Å². The highest BCUT2D eigenvalue weighted by atomic mass is 19.1. The van der Waals surface area contributed by atoms with Gasteiger partial charge >= 0.3 is 6.09 Å². The van der Waals surface area contributed by atoms with Crippen molar-refractivity contribution in [1.82, 2.24) is 0 Å². The highest BCUT2D eigenvalue weighted by Gasteiger charge is 2.03. The molecular formula is C11H13FN2O2. The lowest BCUT2D eigenvalue weighted by atomic mass is 10.3. The van der Waals surface area contributed by atoms with Crippen molar-refractivity contribution >= 4 is 11.8 Å². The summed E-state index contributed by atoms with van der Waals surface area (Å²) in [6, 6.07) is 8.83. The third-order valence-electron chi connectivity index (χ3n) is 1.83. The first kappa shape index (κ1) is 12.2. The standard InChI is InChI=1S/C11H13FN2O2/c12-6-9(7-13)8-16-11(15)14-10-4-2-1-3-5-10/h1-6H,7-8,13H2,(H,14,15). The second kappa shape index (κ2) is 6.58. The van der Waals surface area contributed by atoms with Gasteiger partial charge in [0.15, 0.2) is 0 Å². The Morgan fingerprint density at radius 1 is 1.44 bits per heavy atom. The molecule has 0 aliphatic rings. The van der Waals surface area contributed by atoms with Gasteiger partial charge in [0.25, 0.3) is 0 Å². The van der Waals surface area contributed by atoms with Crippen molar-refractivity contribution in [3.05, 3.63) is 42.2 Å². The molecule has 4 nitrogen and oxygen atoms in total. The SMILES string of the molecule is NCC(=CF)COC(=O)Nc1ccccc1. The van der Waals surface area contributed by atoms with Crippen LogP contribution in [0.3, 0.4) is 0 Å². The van der Waals surface area contributed by atoms with Crippen LogP contribution in [0.4, 0.5) is 14.9 Å². The van der Waals surface area contributed by atoms with Crippen molar-refractivity contribution in [2.45, 2.75) is 0 Å². The number of anilines is 1. The maximum absolute atomic E-state index is 12.1. The topological polar surface area (TPSA) is 64.3 Å². The van der Waals surface area contributed by atoms with E-state index < -0.39 is 6.09 Å². The minimum absolute atomic E-state index is 0.0229. The number of halogens is 1. The summed E-state index contributed by atoms with van der Waals surface area (Å²) in [6.45, 7) is -0.124. The first-order valence-corrected chi connectivity index (χ1v) is 4.73. The number of carbonyl (C=O) groups is 1. The molecule has 0 bridgehead atoms. The highest BCUT2D eigenvalue weighted by Crippen LogP contribution is 2.05. The molecule has 0 aliphatic heterocycles. The van der Waals surface area contributed by atoms with E-state index in [2.05, 4.69) is 5.32 Å². The summed E-state index contributed by atoms with van der Waals surface area (Å²) >= 11 is 0. The molecule has 0 spiro atoms. The third-order valence-corrected chi connectivity index (χ3v) is 1.83. The predicted octanol–water partition coefficient (Wildman–Crippen LogP) is 2.05. The molecule has 5 heteroatoms. The summed E-state index contributed by atoms with van der Waals surface area (Å²) in [5, 5.41) is 2.49. The van der Waals surface area contributed by atoms with Gasteiger partial charge in [-0.2, -0.15) is 0 Å². The molecule has 0 atom stereocenters. The van der Waals surface area contributed by atoms with E-state index in [0.29, 0.717) is 12.0 Å². The summed E-state index contributed by atoms with van der Waals surface area (Å²) in [7, 11) is 0. The van der Waals surface area contributed by atoms with Gasteiger partial charge in [0.05, 0.1) is 6.33 Å². The fourth-order valence-corrected chi connectivity index (χ4v) is 0.969. The molecule has 1 amide bonds. The fraction of sp³-hybridized carbons (Fsp3) is 0.182. The molecule has 0 radical (unpaired) electrons. The number of benzene rings is 1. The van der Waals surface area contributed by atoms with Gasteiger partial charge in [0, 0.05) is 17.8 Å². The number of ether oxygens (including phenoxy) is 1. The van der Waals surface area contributed by atoms with Crippen molar-refractivity contribution in [3.63, 3.8) is 0 Å². The van der Waals surface area contributed by atoms with Crippen molar-refractivity contribution in [2.75, 3.05) is 18.5 Å². The lowest BCUT2D eigenvalue weighted by molar-refractivity contribution is 0.171. The summed E-state index contributed by atoms with van der Waals surface area (Å²) in [4.78, 5) is 11.2. The van der Waals surface area contributed by atoms with E-state index in [9.17, 15) is 9.18 Å². The second-order valence-corrected chi connectivity index (χ2v) is 3.04. The van der Waals surface area contributed by atoms with Gasteiger partial charge in [0.1, 0.15) is 6.61 Å². The normalized spacial score (nSPS) is 11.0. The van der Waals surface area contributed by atoms with Crippen LogP contribution in [0, 0.1) is 0 Å². The van der Waals surface area contributed by atoms with Crippen LogP contribution in [0.25, 0.3) is 0 Å². The molecule has 1 aromatic carbocycles. The summed E-state index contributed by atoms with van der Waals surface area (Å²) in [5.41, 5.74) is 6.04. The number of para-hydroxylation sites is 1. The van der Waals surface area contributed by atoms with E-state index in [4.69, 9.17) is 10.5 Å². The summed E-state index contributed by atoms with van der Waals surface area (Å²) < 4.78 is 16.8. The van der Waals surface area contributed by atoms with Crippen LogP contribution in [0.5, 0.6) is 0 Å². The minimum Gasteiger partial charge on any atom is -0.445 e. The van der Waals surface area contributed by atoms with Crippen LogP contribution in [-0.4, -0.2) is 19.2 Å². The first-order valence-electron chi connectivity index (χ1n) is 4.73. The third kappa shape index (κ3) is 4.10. The second-order valence-electron chi connectivity index (χ2n) is 3.04. The zero-order chi connectivity index (χ0) is 11.8. The molecule has 16 heavy (non-hydrogen) atoms. The number of amides is 1. The molecule has 0 saturated carbocycles. The van der Waals surface area contributed by atoms with Gasteiger partial charge in [-0.05, 0) is 12.1 Å². The van der Waals surface area contributed by atoms with E-state index in [1.54, 1.807) is 24.3 Å². The number of carbonyl (C=O) groups excluding carboxylic acids is 1. The Hall–Kier alpha value is -1.88. The Labute approximate surface area is 92.9 Å². The van der Waals surface area contributed by atoms with Crippen molar-refractivity contribution in [2.24, 2.45) is 5.73 Å². The molecule has 0 aliphatic carbocycles. The van der Waals surface area contributed by atoms with E-state index in [1.807, 2.05) is 6.07 Å². The van der Waals surface area contributed by atoms with Crippen LogP contribution in [-0.2, 0) is 4.74 Å². The Kier molecular flexibility index (Phi) is 5.01. The maximum atomic E-state index is 12.1. The zero-order valence-electron chi connectivity index (χ0n) is 8.65. The molecule has 0 aromatic heterocycles. The number of hydrogen-bond acceptors (Lipinski definition) is 3. The molecule has 86 valence electrons. The van der Waals surface area contributed by atoms with Crippen LogP contribution in [0.2, 0.25) is 0 Å². The molecule has 3 N–H and O–H groups in total. The average Bonchev–Trinajstić information content (AvgIpc) is 2.31. The van der Waals surface area contributed by atoms with Gasteiger partial charge in [-0.15, -0.1) is 0 Å². The largest absolute Gasteiger partial charge is 0.445 e. The van der Waals surface area contributed by atoms with Crippen LogP contribution >= 0.6 is 0 Å². The van der Waals surface area contributed by atoms with E-state index in [-0.39, 0.29) is 18.7 Å². The van der Waals surface area contributed by atoms with Gasteiger partial charge < -0.3 is 10.5 Å². The molecule has 0 heterocycles. The lowest BCUT2D eigenvalue weighted by Crippen LogP contribution is -2.17. The number of nitrogens with two attached hydrogens (primary N) is 1. The Morgan fingerprint density at radius 2 is 2.12 bits per heavy atom. The van der Waals surface area contributed by atoms with Crippen LogP contribution in [0.15, 0.2) is 42.2 Å². The average molecular weight is 224 g/mol. The van der Waals surface area contributed by atoms with Crippen molar-refractivity contribution < 1.29 is 13.9 Å². The number of nitrogens with one attached hydrogen (secondary N) is 1. The van der Waals surface area contributed by atoms with Gasteiger partial charge in [0.2, 0.25) is 0 Å². The highest BCUT2D eigenvalue weighted by molar-refractivity contribution is 5.84. The van der Waals surface area contributed by atoms with E-state index in [1.165, 1.54) is 0 Å². The van der Waals surface area contributed by atoms with Crippen LogP contribution < -0.4 is 11.1 Å². The molecule has 0 unspecified atom stereocenters. The monoisotopic (exact) mass is 224 g/mol. The van der Waals surface area contributed by atoms with E-state index in [0.717, 1.165) is 0 Å². The van der Waals surface area contributed by atoms with Crippen molar-refractivity contribution in [3.8, 4) is 0 Å². The number of hydrogen-bond donors (Lipinski definition) is 2. The number of rotatable bonds is 4. The smallest absolute Gasteiger partial charge is 0.411 e. The molecule has 1 aromatic rings. The van der Waals surface area contributed by atoms with E-state index >= 15 is 0 Å². The Balaban J connectivity index is 2.37. The molecule has 1 rings (SSSR count). The predicted molar refractivity (Wildman–Crippen MR) is 59.7 cm³/mol. The fourth-order valence-electron chi connectivity index (χ4n) is 0.969. The quantitative estimate of drug-likeness (QED) is 0.822. The molecular weight excluding hydrogens is 211 g/mol. The maximum Gasteiger partial charge on any atom is 0.411 e. The molecule has 0 saturated heterocycles. The zero-order valence-corrected chi connectivity index (χ0v) is 8.65. The van der Waals surface area contributed by atoms with Crippen LogP contribution in [0.1, 0.15) is 0 Å². The molecule has 0 fully saturated rings. The Morgan fingerprint density at radius 3 is 2.69 bits per heavy atom. The van der Waals surface area contributed by atoms with Gasteiger partial charge in [-0.25, -0.2) is 9.18 Å². The Bertz CT molecular complexity index is 366. The summed E-state index contributed by atoms with van der Waals surface area (Å²) in [5.74, 6) is 0. The van der Waals surface area contributed by atoms with Crippen molar-refractivity contribution in [1.29, 1.82) is 0 Å². The first-order chi connectivity index (χ1) is 7.76. The van der Waals surface area contributed by atoms with Gasteiger partial charge in [-0.1, -0.05) is 18.2 Å².